The molecule has 0 atom stereocenters. The fraction of sp³-hybridized carbons (Fsp3) is 0.800. The summed E-state index contributed by atoms with van der Waals surface area (Å²) in [5.74, 6) is 0.858. The SMILES string of the molecule is CCCCCCc1c(O)c(CCCCCC)c(CCCCCC)c(CCCCCC)c1O. The molecule has 0 aliphatic heterocycles. The Kier molecular flexibility index (Phi) is 16.5. The normalized spacial score (nSPS) is 11.4. The van der Waals surface area contributed by atoms with Gasteiger partial charge in [-0.15, -0.1) is 0 Å². The fourth-order valence-corrected chi connectivity index (χ4v) is 4.94. The van der Waals surface area contributed by atoms with Gasteiger partial charge in [-0.05, 0) is 68.1 Å². The highest BCUT2D eigenvalue weighted by atomic mass is 16.3. The maximum Gasteiger partial charge on any atom is 0.125 e. The second-order valence-electron chi connectivity index (χ2n) is 9.85. The van der Waals surface area contributed by atoms with Crippen molar-refractivity contribution >= 4 is 0 Å². The summed E-state index contributed by atoms with van der Waals surface area (Å²) < 4.78 is 0. The largest absolute Gasteiger partial charge is 0.507 e. The third-order valence-corrected chi connectivity index (χ3v) is 6.99. The third kappa shape index (κ3) is 10.2. The van der Waals surface area contributed by atoms with Crippen LogP contribution in [0, 0.1) is 0 Å². The molecule has 2 N–H and O–H groups in total. The van der Waals surface area contributed by atoms with Crippen LogP contribution < -0.4 is 0 Å². The van der Waals surface area contributed by atoms with Crippen LogP contribution in [0.25, 0.3) is 0 Å². The third-order valence-electron chi connectivity index (χ3n) is 6.99. The van der Waals surface area contributed by atoms with Crippen LogP contribution in [0.4, 0.5) is 0 Å². The molecule has 0 aliphatic rings. The summed E-state index contributed by atoms with van der Waals surface area (Å²) in [5.41, 5.74) is 4.48. The van der Waals surface area contributed by atoms with E-state index in [-0.39, 0.29) is 0 Å². The van der Waals surface area contributed by atoms with E-state index in [1.165, 1.54) is 93.7 Å². The number of unbranched alkanes of at least 4 members (excludes halogenated alkanes) is 12. The number of phenolic OH excluding ortho intramolecular Hbond substituents is 2. The first-order valence-corrected chi connectivity index (χ1v) is 14.2. The zero-order valence-electron chi connectivity index (χ0n) is 22.0. The van der Waals surface area contributed by atoms with Crippen molar-refractivity contribution in [2.45, 2.75) is 156 Å². The van der Waals surface area contributed by atoms with E-state index in [2.05, 4.69) is 27.7 Å². The molecule has 2 heteroatoms. The van der Waals surface area contributed by atoms with Crippen molar-refractivity contribution in [1.82, 2.24) is 0 Å². The van der Waals surface area contributed by atoms with Gasteiger partial charge in [-0.25, -0.2) is 0 Å². The quantitative estimate of drug-likeness (QED) is 0.196. The molecule has 0 amide bonds. The summed E-state index contributed by atoms with van der Waals surface area (Å²) in [7, 11) is 0. The summed E-state index contributed by atoms with van der Waals surface area (Å²) in [6.07, 6.45) is 23.0. The number of hydrogen-bond acceptors (Lipinski definition) is 2. The Labute approximate surface area is 200 Å². The van der Waals surface area contributed by atoms with E-state index >= 15 is 0 Å². The molecule has 1 aromatic carbocycles. The van der Waals surface area contributed by atoms with E-state index in [9.17, 15) is 10.2 Å². The van der Waals surface area contributed by atoms with Gasteiger partial charge >= 0.3 is 0 Å². The first-order valence-electron chi connectivity index (χ1n) is 14.2. The van der Waals surface area contributed by atoms with Crippen LogP contribution in [-0.4, -0.2) is 10.2 Å². The molecule has 0 aliphatic carbocycles. The van der Waals surface area contributed by atoms with Crippen LogP contribution in [0.3, 0.4) is 0 Å². The molecule has 0 bridgehead atoms. The molecular weight excluding hydrogens is 392 g/mol. The van der Waals surface area contributed by atoms with Gasteiger partial charge in [-0.3, -0.25) is 0 Å². The molecule has 1 aromatic rings. The molecule has 2 nitrogen and oxygen atoms in total. The maximum atomic E-state index is 11.3. The average Bonchev–Trinajstić information content (AvgIpc) is 2.79. The zero-order valence-corrected chi connectivity index (χ0v) is 22.0. The lowest BCUT2D eigenvalue weighted by molar-refractivity contribution is 0.422. The molecule has 0 fully saturated rings. The van der Waals surface area contributed by atoms with Crippen LogP contribution in [0.5, 0.6) is 11.5 Å². The summed E-state index contributed by atoms with van der Waals surface area (Å²) in [4.78, 5) is 0. The molecule has 0 unspecified atom stereocenters. The minimum absolute atomic E-state index is 0.429. The Morgan fingerprint density at radius 1 is 0.344 bits per heavy atom. The lowest BCUT2D eigenvalue weighted by Gasteiger charge is -2.22. The van der Waals surface area contributed by atoms with Gasteiger partial charge in [0.1, 0.15) is 11.5 Å². The maximum absolute atomic E-state index is 11.3. The molecule has 0 spiro atoms. The van der Waals surface area contributed by atoms with E-state index in [0.717, 1.165) is 56.9 Å². The Hall–Kier alpha value is -1.18. The summed E-state index contributed by atoms with van der Waals surface area (Å²) in [5, 5.41) is 22.7. The van der Waals surface area contributed by atoms with Crippen LogP contribution >= 0.6 is 0 Å². The number of benzene rings is 1. The molecule has 0 radical (unpaired) electrons. The average molecular weight is 447 g/mol. The molecule has 186 valence electrons. The summed E-state index contributed by atoms with van der Waals surface area (Å²) in [6, 6.07) is 0. The highest BCUT2D eigenvalue weighted by molar-refractivity contribution is 5.58. The molecule has 32 heavy (non-hydrogen) atoms. The minimum Gasteiger partial charge on any atom is -0.507 e. The van der Waals surface area contributed by atoms with Crippen molar-refractivity contribution < 1.29 is 10.2 Å². The van der Waals surface area contributed by atoms with Crippen molar-refractivity contribution in [2.75, 3.05) is 0 Å². The lowest BCUT2D eigenvalue weighted by Crippen LogP contribution is -2.07. The first-order chi connectivity index (χ1) is 15.6. The van der Waals surface area contributed by atoms with Crippen LogP contribution in [-0.2, 0) is 25.7 Å². The molecular formula is C30H54O2. The summed E-state index contributed by atoms with van der Waals surface area (Å²) >= 11 is 0. The highest BCUT2D eigenvalue weighted by Crippen LogP contribution is 2.41. The number of rotatable bonds is 20. The van der Waals surface area contributed by atoms with Gasteiger partial charge < -0.3 is 10.2 Å². The molecule has 0 heterocycles. The van der Waals surface area contributed by atoms with Crippen molar-refractivity contribution in [3.05, 3.63) is 22.3 Å². The van der Waals surface area contributed by atoms with E-state index in [1.807, 2.05) is 0 Å². The van der Waals surface area contributed by atoms with E-state index in [1.54, 1.807) is 0 Å². The summed E-state index contributed by atoms with van der Waals surface area (Å²) in [6.45, 7) is 8.98. The highest BCUT2D eigenvalue weighted by Gasteiger charge is 2.22. The van der Waals surface area contributed by atoms with E-state index in [4.69, 9.17) is 0 Å². The predicted octanol–water partition coefficient (Wildman–Crippen LogP) is 9.59. The predicted molar refractivity (Wildman–Crippen MR) is 141 cm³/mol. The van der Waals surface area contributed by atoms with Crippen LogP contribution in [0.15, 0.2) is 0 Å². The number of phenols is 2. The van der Waals surface area contributed by atoms with Crippen molar-refractivity contribution in [1.29, 1.82) is 0 Å². The Morgan fingerprint density at radius 3 is 0.938 bits per heavy atom. The van der Waals surface area contributed by atoms with E-state index < -0.39 is 0 Å². The van der Waals surface area contributed by atoms with Gasteiger partial charge in [0.05, 0.1) is 0 Å². The monoisotopic (exact) mass is 446 g/mol. The molecule has 0 saturated heterocycles. The van der Waals surface area contributed by atoms with Gasteiger partial charge in [0.2, 0.25) is 0 Å². The molecule has 1 rings (SSSR count). The van der Waals surface area contributed by atoms with Gasteiger partial charge in [0, 0.05) is 5.56 Å². The second kappa shape index (κ2) is 18.3. The van der Waals surface area contributed by atoms with Gasteiger partial charge in [-0.1, -0.05) is 105 Å². The Bertz CT molecular complexity index is 566. The van der Waals surface area contributed by atoms with Crippen molar-refractivity contribution in [3.8, 4) is 11.5 Å². The Morgan fingerprint density at radius 2 is 0.625 bits per heavy atom. The lowest BCUT2D eigenvalue weighted by atomic mass is 9.85. The van der Waals surface area contributed by atoms with Crippen molar-refractivity contribution in [2.24, 2.45) is 0 Å². The van der Waals surface area contributed by atoms with E-state index in [0.29, 0.717) is 11.5 Å². The minimum atomic E-state index is 0.429. The standard InChI is InChI=1S/C30H54O2/c1-5-9-13-17-21-25-26(22-18-14-10-6-2)29(31)28(24-20-16-12-8-4)30(32)27(25)23-19-15-11-7-3/h31-32H,5-24H2,1-4H3. The topological polar surface area (TPSA) is 40.5 Å². The van der Waals surface area contributed by atoms with Crippen LogP contribution in [0.1, 0.15) is 153 Å². The molecule has 0 aromatic heterocycles. The van der Waals surface area contributed by atoms with Gasteiger partial charge in [-0.2, -0.15) is 0 Å². The molecule has 0 saturated carbocycles. The van der Waals surface area contributed by atoms with Crippen LogP contribution in [0.2, 0.25) is 0 Å². The number of hydrogen-bond donors (Lipinski definition) is 2. The number of aromatic hydroxyl groups is 2. The van der Waals surface area contributed by atoms with Gasteiger partial charge in [0.25, 0.3) is 0 Å². The smallest absolute Gasteiger partial charge is 0.125 e. The van der Waals surface area contributed by atoms with Gasteiger partial charge in [0.15, 0.2) is 0 Å². The zero-order chi connectivity index (χ0) is 23.6. The van der Waals surface area contributed by atoms with Crippen molar-refractivity contribution in [3.63, 3.8) is 0 Å². The fourth-order valence-electron chi connectivity index (χ4n) is 4.94. The second-order valence-corrected chi connectivity index (χ2v) is 9.85. The first kappa shape index (κ1) is 28.9. The Balaban J connectivity index is 3.24.